The number of hydrogen-bond acceptors (Lipinski definition) is 8. The van der Waals surface area contributed by atoms with E-state index in [1.165, 1.54) is 30.5 Å². The third-order valence-corrected chi connectivity index (χ3v) is 9.47. The molecule has 8 nitrogen and oxygen atoms in total. The number of terminal acetylenes is 1. The molecule has 222 valence electrons. The lowest BCUT2D eigenvalue weighted by molar-refractivity contribution is 0.0133. The number of anilines is 1. The van der Waals surface area contributed by atoms with E-state index in [1.807, 2.05) is 4.90 Å². The largest absolute Gasteiger partial charge is 0.508 e. The zero-order chi connectivity index (χ0) is 29.7. The Hall–Kier alpha value is -4.07. The molecule has 3 aliphatic rings. The van der Waals surface area contributed by atoms with Gasteiger partial charge in [-0.2, -0.15) is 9.97 Å². The van der Waals surface area contributed by atoms with Crippen molar-refractivity contribution in [1.82, 2.24) is 19.9 Å². The lowest BCUT2D eigenvalue weighted by Gasteiger charge is -2.44. The number of likely N-dealkylation sites (tertiary alicyclic amines) is 1. The highest BCUT2D eigenvalue weighted by molar-refractivity contribution is 6.03. The molecule has 2 aliphatic heterocycles. The monoisotopic (exact) mass is 585 g/mol. The number of morpholine rings is 1. The summed E-state index contributed by atoms with van der Waals surface area (Å²) in [4.78, 5) is 18.3. The Labute approximate surface area is 248 Å². The highest BCUT2D eigenvalue weighted by Crippen LogP contribution is 2.47. The number of hydrogen-bond donors (Lipinski definition) is 1. The highest BCUT2D eigenvalue weighted by atomic mass is 19.1. The molecule has 4 heterocycles. The number of aromatic hydroxyl groups is 1. The van der Waals surface area contributed by atoms with Gasteiger partial charge in [-0.25, -0.2) is 8.78 Å². The van der Waals surface area contributed by atoms with E-state index in [9.17, 15) is 9.50 Å². The van der Waals surface area contributed by atoms with Crippen molar-refractivity contribution in [1.29, 1.82) is 0 Å². The van der Waals surface area contributed by atoms with Gasteiger partial charge in [0.2, 0.25) is 0 Å². The molecule has 0 radical (unpaired) electrons. The Bertz CT molecular complexity index is 1770. The molecule has 10 heteroatoms. The number of benzene rings is 2. The second kappa shape index (κ2) is 10.9. The fourth-order valence-corrected chi connectivity index (χ4v) is 7.43. The summed E-state index contributed by atoms with van der Waals surface area (Å²) in [6.07, 6.45) is 12.7. The van der Waals surface area contributed by atoms with Crippen LogP contribution in [-0.4, -0.2) is 77.5 Å². The van der Waals surface area contributed by atoms with Crippen LogP contribution >= 0.6 is 0 Å². The molecule has 7 rings (SSSR count). The average molecular weight is 586 g/mol. The standard InChI is InChI=1S/C33H33F2N5O3/c1-3-22-25(34)8-7-20-16-21(41)17-23(27(20)22)29-28(35)30-24(18-36-29)31(40-12-14-42-15-13-40)38-32(37-30)43-19-33-9-4-6-26(33)39(2)11-5-10-33/h1,7-8,16-18,26,41H,4-6,9-15,19H2,2H3/t26-,33-/m1/s1. The fraction of sp³-hybridized carbons (Fsp3) is 0.424. The van der Waals surface area contributed by atoms with Crippen molar-refractivity contribution in [3.05, 3.63) is 47.7 Å². The fourth-order valence-electron chi connectivity index (χ4n) is 7.43. The molecule has 43 heavy (non-hydrogen) atoms. The topological polar surface area (TPSA) is 83.8 Å². The van der Waals surface area contributed by atoms with E-state index >= 15 is 4.39 Å². The van der Waals surface area contributed by atoms with Crippen molar-refractivity contribution in [3.63, 3.8) is 0 Å². The Morgan fingerprint density at radius 2 is 1.95 bits per heavy atom. The Morgan fingerprint density at radius 1 is 1.14 bits per heavy atom. The van der Waals surface area contributed by atoms with Gasteiger partial charge >= 0.3 is 6.01 Å². The lowest BCUT2D eigenvalue weighted by Crippen LogP contribution is -2.50. The zero-order valence-corrected chi connectivity index (χ0v) is 24.1. The first kappa shape index (κ1) is 27.7. The summed E-state index contributed by atoms with van der Waals surface area (Å²) in [6, 6.07) is 6.08. The first-order valence-corrected chi connectivity index (χ1v) is 14.8. The maximum absolute atomic E-state index is 16.7. The van der Waals surface area contributed by atoms with Crippen LogP contribution in [0.4, 0.5) is 14.6 Å². The van der Waals surface area contributed by atoms with Crippen LogP contribution in [0.1, 0.15) is 37.7 Å². The number of piperidine rings is 1. The minimum absolute atomic E-state index is 0.0164. The summed E-state index contributed by atoms with van der Waals surface area (Å²) in [5.74, 6) is 1.44. The van der Waals surface area contributed by atoms with Gasteiger partial charge in [-0.1, -0.05) is 18.4 Å². The van der Waals surface area contributed by atoms with E-state index in [1.54, 1.807) is 0 Å². The van der Waals surface area contributed by atoms with E-state index in [0.29, 0.717) is 55.5 Å². The van der Waals surface area contributed by atoms with Crippen molar-refractivity contribution in [3.8, 4) is 35.4 Å². The van der Waals surface area contributed by atoms with Crippen molar-refractivity contribution in [2.75, 3.05) is 51.4 Å². The van der Waals surface area contributed by atoms with Crippen LogP contribution in [-0.2, 0) is 4.74 Å². The van der Waals surface area contributed by atoms with E-state index in [0.717, 1.165) is 38.6 Å². The van der Waals surface area contributed by atoms with Gasteiger partial charge in [-0.3, -0.25) is 4.98 Å². The highest BCUT2D eigenvalue weighted by Gasteiger charge is 2.47. The second-order valence-electron chi connectivity index (χ2n) is 11.9. The van der Waals surface area contributed by atoms with Gasteiger partial charge in [0.15, 0.2) is 5.82 Å². The van der Waals surface area contributed by atoms with E-state index in [2.05, 4.69) is 27.8 Å². The summed E-state index contributed by atoms with van der Waals surface area (Å²) >= 11 is 0. The van der Waals surface area contributed by atoms with Gasteiger partial charge in [0.25, 0.3) is 0 Å². The van der Waals surface area contributed by atoms with Crippen molar-refractivity contribution < 1.29 is 23.4 Å². The predicted molar refractivity (Wildman–Crippen MR) is 160 cm³/mol. The summed E-state index contributed by atoms with van der Waals surface area (Å²) in [5.41, 5.74) is 0.0955. The summed E-state index contributed by atoms with van der Waals surface area (Å²) in [6.45, 7) is 3.72. The number of phenols is 1. The van der Waals surface area contributed by atoms with Crippen LogP contribution in [0.5, 0.6) is 11.8 Å². The summed E-state index contributed by atoms with van der Waals surface area (Å²) in [5, 5.41) is 11.7. The van der Waals surface area contributed by atoms with Gasteiger partial charge in [-0.15, -0.1) is 6.42 Å². The molecule has 4 aromatic rings. The van der Waals surface area contributed by atoms with Gasteiger partial charge in [0.05, 0.1) is 30.8 Å². The van der Waals surface area contributed by atoms with E-state index in [-0.39, 0.29) is 44.9 Å². The molecule has 1 aliphatic carbocycles. The Kier molecular flexibility index (Phi) is 7.02. The van der Waals surface area contributed by atoms with Crippen LogP contribution in [0.25, 0.3) is 32.9 Å². The van der Waals surface area contributed by atoms with Crippen molar-refractivity contribution >= 4 is 27.5 Å². The molecule has 0 bridgehead atoms. The first-order chi connectivity index (χ1) is 20.9. The lowest BCUT2D eigenvalue weighted by atomic mass is 9.76. The molecule has 0 spiro atoms. The molecule has 0 amide bonds. The van der Waals surface area contributed by atoms with Crippen molar-refractivity contribution in [2.24, 2.45) is 5.41 Å². The third kappa shape index (κ3) is 4.71. The Balaban J connectivity index is 1.37. The molecule has 0 unspecified atom stereocenters. The van der Waals surface area contributed by atoms with Crippen LogP contribution in [0.2, 0.25) is 0 Å². The second-order valence-corrected chi connectivity index (χ2v) is 11.9. The number of halogens is 2. The minimum Gasteiger partial charge on any atom is -0.508 e. The smallest absolute Gasteiger partial charge is 0.319 e. The SMILES string of the molecule is C#Cc1c(F)ccc2cc(O)cc(-c3ncc4c(N5CCOCC5)nc(OC[C@]56CCC[C@H]5N(C)CCC6)nc4c3F)c12. The maximum atomic E-state index is 16.7. The number of aromatic nitrogens is 3. The molecule has 1 N–H and O–H groups in total. The normalized spacial score (nSPS) is 22.6. The molecular weight excluding hydrogens is 552 g/mol. The molecule has 3 fully saturated rings. The Morgan fingerprint density at radius 3 is 2.77 bits per heavy atom. The molecule has 2 aromatic heterocycles. The number of ether oxygens (including phenoxy) is 2. The van der Waals surface area contributed by atoms with Gasteiger partial charge in [0, 0.05) is 41.7 Å². The van der Waals surface area contributed by atoms with Crippen LogP contribution < -0.4 is 9.64 Å². The quantitative estimate of drug-likeness (QED) is 0.317. The predicted octanol–water partition coefficient (Wildman–Crippen LogP) is 5.29. The summed E-state index contributed by atoms with van der Waals surface area (Å²) < 4.78 is 43.3. The van der Waals surface area contributed by atoms with E-state index in [4.69, 9.17) is 20.9 Å². The number of fused-ring (bicyclic) bond motifs is 3. The number of rotatable bonds is 5. The van der Waals surface area contributed by atoms with Gasteiger partial charge < -0.3 is 24.4 Å². The molecule has 2 saturated heterocycles. The average Bonchev–Trinajstić information content (AvgIpc) is 3.46. The van der Waals surface area contributed by atoms with E-state index < -0.39 is 11.6 Å². The third-order valence-electron chi connectivity index (χ3n) is 9.47. The van der Waals surface area contributed by atoms with Crippen molar-refractivity contribution in [2.45, 2.75) is 38.1 Å². The van der Waals surface area contributed by atoms with Crippen LogP contribution in [0, 0.1) is 29.4 Å². The van der Waals surface area contributed by atoms with Crippen LogP contribution in [0.3, 0.4) is 0 Å². The molecule has 2 aromatic carbocycles. The minimum atomic E-state index is -0.729. The maximum Gasteiger partial charge on any atom is 0.319 e. The number of nitrogens with zero attached hydrogens (tertiary/aromatic N) is 5. The van der Waals surface area contributed by atoms with Gasteiger partial charge in [-0.05, 0) is 62.9 Å². The molecule has 1 saturated carbocycles. The number of pyridine rings is 1. The molecule has 2 atom stereocenters. The van der Waals surface area contributed by atoms with Crippen LogP contribution in [0.15, 0.2) is 30.5 Å². The van der Waals surface area contributed by atoms with Gasteiger partial charge in [0.1, 0.15) is 28.6 Å². The summed E-state index contributed by atoms with van der Waals surface area (Å²) in [7, 11) is 2.18. The molecular formula is C33H33F2N5O3. The first-order valence-electron chi connectivity index (χ1n) is 14.8. The number of phenolic OH excluding ortho intramolecular Hbond substituents is 1. The zero-order valence-electron chi connectivity index (χ0n) is 24.1.